The molecular formula is C20H33N3O3S. The van der Waals surface area contributed by atoms with Crippen LogP contribution in [-0.4, -0.2) is 74.2 Å². The highest BCUT2D eigenvalue weighted by molar-refractivity contribution is 7.89. The molecule has 0 aliphatic carbocycles. The maximum Gasteiger partial charge on any atom is 0.253 e. The van der Waals surface area contributed by atoms with E-state index in [9.17, 15) is 13.2 Å². The van der Waals surface area contributed by atoms with E-state index in [-0.39, 0.29) is 16.2 Å². The van der Waals surface area contributed by atoms with E-state index in [1.54, 1.807) is 12.1 Å². The normalized spacial score (nSPS) is 16.7. The molecule has 0 N–H and O–H groups in total. The zero-order valence-electron chi connectivity index (χ0n) is 17.2. The lowest BCUT2D eigenvalue weighted by molar-refractivity contribution is 0.0592. The van der Waals surface area contributed by atoms with Gasteiger partial charge in [-0.05, 0) is 29.7 Å². The Hall–Kier alpha value is -1.44. The van der Waals surface area contributed by atoms with Crippen LogP contribution in [0.25, 0.3) is 0 Å². The summed E-state index contributed by atoms with van der Waals surface area (Å²) in [6, 6.07) is 6.33. The van der Waals surface area contributed by atoms with Crippen LogP contribution < -0.4 is 0 Å². The predicted octanol–water partition coefficient (Wildman–Crippen LogP) is 2.52. The van der Waals surface area contributed by atoms with Gasteiger partial charge in [-0.2, -0.15) is 4.31 Å². The second-order valence-electron chi connectivity index (χ2n) is 8.24. The molecule has 1 amide bonds. The Kier molecular flexibility index (Phi) is 7.05. The van der Waals surface area contributed by atoms with Gasteiger partial charge < -0.3 is 4.90 Å². The van der Waals surface area contributed by atoms with Crippen LogP contribution in [0.2, 0.25) is 0 Å². The highest BCUT2D eigenvalue weighted by Gasteiger charge is 2.26. The van der Waals surface area contributed by atoms with Gasteiger partial charge in [0.1, 0.15) is 0 Å². The Morgan fingerprint density at radius 1 is 1.00 bits per heavy atom. The summed E-state index contributed by atoms with van der Waals surface area (Å²) in [4.78, 5) is 17.2. The van der Waals surface area contributed by atoms with Crippen molar-refractivity contribution in [3.8, 4) is 0 Å². The van der Waals surface area contributed by atoms with Crippen LogP contribution in [0.1, 0.15) is 45.0 Å². The lowest BCUT2D eigenvalue weighted by atomic mass is 9.96. The maximum absolute atomic E-state index is 12.7. The lowest BCUT2D eigenvalue weighted by Crippen LogP contribution is -2.50. The average Bonchev–Trinajstić information content (AvgIpc) is 2.61. The van der Waals surface area contributed by atoms with Crippen molar-refractivity contribution in [1.29, 1.82) is 0 Å². The SMILES string of the molecule is CCN(CC)S(=O)(=O)c1ccc(C(=O)N2CCN(CC(C)(C)C)CC2)cc1. The highest BCUT2D eigenvalue weighted by atomic mass is 32.2. The van der Waals surface area contributed by atoms with E-state index in [0.29, 0.717) is 31.7 Å². The molecule has 6 nitrogen and oxygen atoms in total. The van der Waals surface area contributed by atoms with E-state index in [2.05, 4.69) is 25.7 Å². The first-order chi connectivity index (χ1) is 12.6. The second kappa shape index (κ2) is 8.71. The molecule has 0 bridgehead atoms. The van der Waals surface area contributed by atoms with Crippen LogP contribution in [0.15, 0.2) is 29.2 Å². The largest absolute Gasteiger partial charge is 0.336 e. The molecule has 1 aromatic rings. The van der Waals surface area contributed by atoms with Gasteiger partial charge in [0.2, 0.25) is 10.0 Å². The average molecular weight is 396 g/mol. The van der Waals surface area contributed by atoms with E-state index in [1.165, 1.54) is 16.4 Å². The summed E-state index contributed by atoms with van der Waals surface area (Å²) in [6.45, 7) is 15.3. The first-order valence-corrected chi connectivity index (χ1v) is 11.1. The van der Waals surface area contributed by atoms with Crippen molar-refractivity contribution in [2.75, 3.05) is 45.8 Å². The summed E-state index contributed by atoms with van der Waals surface area (Å²) in [6.07, 6.45) is 0. The number of hydrogen-bond acceptors (Lipinski definition) is 4. The summed E-state index contributed by atoms with van der Waals surface area (Å²) in [7, 11) is -3.49. The minimum Gasteiger partial charge on any atom is -0.336 e. The first kappa shape index (κ1) is 21.9. The molecule has 1 fully saturated rings. The molecule has 2 rings (SSSR count). The molecule has 27 heavy (non-hydrogen) atoms. The number of piperazine rings is 1. The topological polar surface area (TPSA) is 60.9 Å². The van der Waals surface area contributed by atoms with Gasteiger partial charge >= 0.3 is 0 Å². The number of carbonyl (C=O) groups is 1. The third kappa shape index (κ3) is 5.53. The molecule has 0 atom stereocenters. The second-order valence-corrected chi connectivity index (χ2v) is 10.2. The smallest absolute Gasteiger partial charge is 0.253 e. The summed E-state index contributed by atoms with van der Waals surface area (Å²) in [5.41, 5.74) is 0.788. The number of sulfonamides is 1. The zero-order chi connectivity index (χ0) is 20.2. The van der Waals surface area contributed by atoms with Crippen molar-refractivity contribution in [2.24, 2.45) is 5.41 Å². The van der Waals surface area contributed by atoms with Crippen LogP contribution in [0.5, 0.6) is 0 Å². The molecule has 1 aliphatic heterocycles. The number of benzene rings is 1. The van der Waals surface area contributed by atoms with Crippen LogP contribution >= 0.6 is 0 Å². The molecule has 152 valence electrons. The zero-order valence-corrected chi connectivity index (χ0v) is 18.1. The summed E-state index contributed by atoms with van der Waals surface area (Å²) in [5, 5.41) is 0. The van der Waals surface area contributed by atoms with E-state index in [1.807, 2.05) is 18.7 Å². The maximum atomic E-state index is 12.7. The van der Waals surface area contributed by atoms with Crippen LogP contribution in [0.4, 0.5) is 0 Å². The van der Waals surface area contributed by atoms with E-state index in [4.69, 9.17) is 0 Å². The number of carbonyl (C=O) groups excluding carboxylic acids is 1. The Labute approximate surface area is 164 Å². The minimum absolute atomic E-state index is 0.0304. The van der Waals surface area contributed by atoms with Gasteiger partial charge in [-0.1, -0.05) is 34.6 Å². The molecule has 0 unspecified atom stereocenters. The minimum atomic E-state index is -3.49. The Bertz CT molecular complexity index is 727. The van der Waals surface area contributed by atoms with Crippen molar-refractivity contribution in [2.45, 2.75) is 39.5 Å². The van der Waals surface area contributed by atoms with Crippen molar-refractivity contribution < 1.29 is 13.2 Å². The third-order valence-electron chi connectivity index (χ3n) is 4.80. The van der Waals surface area contributed by atoms with Gasteiger partial charge in [0, 0.05) is 51.4 Å². The van der Waals surface area contributed by atoms with E-state index in [0.717, 1.165) is 19.6 Å². The van der Waals surface area contributed by atoms with Crippen molar-refractivity contribution in [3.63, 3.8) is 0 Å². The van der Waals surface area contributed by atoms with Gasteiger partial charge in [-0.25, -0.2) is 8.42 Å². The Morgan fingerprint density at radius 2 is 1.52 bits per heavy atom. The van der Waals surface area contributed by atoms with Crippen LogP contribution in [0.3, 0.4) is 0 Å². The number of amides is 1. The first-order valence-electron chi connectivity index (χ1n) is 9.70. The predicted molar refractivity (Wildman–Crippen MR) is 108 cm³/mol. The van der Waals surface area contributed by atoms with Crippen molar-refractivity contribution in [1.82, 2.24) is 14.1 Å². The van der Waals surface area contributed by atoms with Gasteiger partial charge in [-0.3, -0.25) is 9.69 Å². The van der Waals surface area contributed by atoms with Gasteiger partial charge in [0.25, 0.3) is 5.91 Å². The molecule has 1 saturated heterocycles. The quantitative estimate of drug-likeness (QED) is 0.743. The molecule has 1 aromatic carbocycles. The summed E-state index contributed by atoms with van der Waals surface area (Å²) in [5.74, 6) is -0.0304. The van der Waals surface area contributed by atoms with Gasteiger partial charge in [0.05, 0.1) is 4.90 Å². The third-order valence-corrected chi connectivity index (χ3v) is 6.87. The fraction of sp³-hybridized carbons (Fsp3) is 0.650. The fourth-order valence-corrected chi connectivity index (χ4v) is 4.90. The lowest BCUT2D eigenvalue weighted by Gasteiger charge is -2.37. The van der Waals surface area contributed by atoms with E-state index < -0.39 is 10.0 Å². The monoisotopic (exact) mass is 395 g/mol. The standard InChI is InChI=1S/C20H33N3O3S/c1-6-23(7-2)27(25,26)18-10-8-17(9-11-18)19(24)22-14-12-21(13-15-22)16-20(3,4)5/h8-11H,6-7,12-16H2,1-5H3. The fourth-order valence-electron chi connectivity index (χ4n) is 3.44. The summed E-state index contributed by atoms with van der Waals surface area (Å²) < 4.78 is 26.5. The number of hydrogen-bond donors (Lipinski definition) is 0. The van der Waals surface area contributed by atoms with Gasteiger partial charge in [-0.15, -0.1) is 0 Å². The van der Waals surface area contributed by atoms with Crippen molar-refractivity contribution >= 4 is 15.9 Å². The van der Waals surface area contributed by atoms with Crippen LogP contribution in [0, 0.1) is 5.41 Å². The van der Waals surface area contributed by atoms with Crippen molar-refractivity contribution in [3.05, 3.63) is 29.8 Å². The Morgan fingerprint density at radius 3 is 1.96 bits per heavy atom. The molecule has 1 aliphatic rings. The molecule has 7 heteroatoms. The highest BCUT2D eigenvalue weighted by Crippen LogP contribution is 2.19. The molecule has 0 radical (unpaired) electrons. The molecule has 0 aromatic heterocycles. The number of rotatable bonds is 6. The Balaban J connectivity index is 2.03. The molecule has 0 saturated carbocycles. The molecule has 0 spiro atoms. The summed E-state index contributed by atoms with van der Waals surface area (Å²) >= 11 is 0. The molecular weight excluding hydrogens is 362 g/mol. The number of nitrogens with zero attached hydrogens (tertiary/aromatic N) is 3. The van der Waals surface area contributed by atoms with Gasteiger partial charge in [0.15, 0.2) is 0 Å². The van der Waals surface area contributed by atoms with E-state index >= 15 is 0 Å². The van der Waals surface area contributed by atoms with Crippen LogP contribution in [-0.2, 0) is 10.0 Å². The molecule has 1 heterocycles.